The molecule has 1 amide bonds. The molecule has 1 aromatic heterocycles. The number of carbonyl (C=O) groups excluding carboxylic acids is 1. The standard InChI is InChI=1S/C25H30N2O3/c1-2-29-18-22-21-12-6-7-13-23(21)30-24(22)25(28)26-16-19-10-4-5-11-20(19)17-27-14-8-3-9-15-27/h4-7,10-13H,2-3,8-9,14-18H2,1H3,(H,26,28). The van der Waals surface area contributed by atoms with Gasteiger partial charge in [0.2, 0.25) is 0 Å². The number of furan rings is 1. The van der Waals surface area contributed by atoms with Crippen LogP contribution in [0.2, 0.25) is 0 Å². The first-order valence-corrected chi connectivity index (χ1v) is 10.9. The van der Waals surface area contributed by atoms with E-state index in [-0.39, 0.29) is 5.91 Å². The number of carbonyl (C=O) groups is 1. The highest BCUT2D eigenvalue weighted by Gasteiger charge is 2.21. The predicted molar refractivity (Wildman–Crippen MR) is 118 cm³/mol. The molecule has 5 nitrogen and oxygen atoms in total. The number of hydrogen-bond donors (Lipinski definition) is 1. The Morgan fingerprint density at radius 1 is 1.03 bits per heavy atom. The molecule has 1 saturated heterocycles. The highest BCUT2D eigenvalue weighted by atomic mass is 16.5. The zero-order valence-corrected chi connectivity index (χ0v) is 17.7. The molecular formula is C25H30N2O3. The Hall–Kier alpha value is -2.63. The van der Waals surface area contributed by atoms with Crippen molar-refractivity contribution >= 4 is 16.9 Å². The summed E-state index contributed by atoms with van der Waals surface area (Å²) in [5.41, 5.74) is 3.95. The van der Waals surface area contributed by atoms with Gasteiger partial charge in [-0.15, -0.1) is 0 Å². The molecule has 30 heavy (non-hydrogen) atoms. The zero-order valence-electron chi connectivity index (χ0n) is 17.7. The molecule has 0 aliphatic carbocycles. The molecule has 0 radical (unpaired) electrons. The Kier molecular flexibility index (Phi) is 6.82. The topological polar surface area (TPSA) is 54.7 Å². The number of piperidine rings is 1. The smallest absolute Gasteiger partial charge is 0.287 e. The third kappa shape index (κ3) is 4.74. The van der Waals surface area contributed by atoms with Gasteiger partial charge in [0, 0.05) is 30.6 Å². The van der Waals surface area contributed by atoms with Gasteiger partial charge in [0.25, 0.3) is 5.91 Å². The summed E-state index contributed by atoms with van der Waals surface area (Å²) >= 11 is 0. The second kappa shape index (κ2) is 9.92. The minimum atomic E-state index is -0.200. The van der Waals surface area contributed by atoms with Crippen LogP contribution in [0, 0.1) is 0 Å². The molecule has 0 spiro atoms. The van der Waals surface area contributed by atoms with E-state index < -0.39 is 0 Å². The minimum absolute atomic E-state index is 0.200. The first kappa shape index (κ1) is 20.6. The average molecular weight is 407 g/mol. The number of benzene rings is 2. The van der Waals surface area contributed by atoms with Crippen molar-refractivity contribution in [2.24, 2.45) is 0 Å². The van der Waals surface area contributed by atoms with E-state index in [1.54, 1.807) is 0 Å². The van der Waals surface area contributed by atoms with Crippen LogP contribution in [0.15, 0.2) is 52.9 Å². The number of hydrogen-bond acceptors (Lipinski definition) is 4. The fraction of sp³-hybridized carbons (Fsp3) is 0.400. The molecule has 4 rings (SSSR count). The Labute approximate surface area is 178 Å². The van der Waals surface area contributed by atoms with E-state index in [9.17, 15) is 4.79 Å². The number of nitrogens with one attached hydrogen (secondary N) is 1. The van der Waals surface area contributed by atoms with Gasteiger partial charge in [-0.3, -0.25) is 9.69 Å². The lowest BCUT2D eigenvalue weighted by atomic mass is 10.0. The van der Waals surface area contributed by atoms with Crippen molar-refractivity contribution in [3.8, 4) is 0 Å². The van der Waals surface area contributed by atoms with Crippen LogP contribution in [0.25, 0.3) is 11.0 Å². The summed E-state index contributed by atoms with van der Waals surface area (Å²) in [5, 5.41) is 4.00. The molecule has 1 N–H and O–H groups in total. The molecule has 158 valence electrons. The summed E-state index contributed by atoms with van der Waals surface area (Å²) in [7, 11) is 0. The van der Waals surface area contributed by atoms with Gasteiger partial charge < -0.3 is 14.5 Å². The Bertz CT molecular complexity index is 989. The van der Waals surface area contributed by atoms with Gasteiger partial charge in [-0.1, -0.05) is 48.9 Å². The molecule has 5 heteroatoms. The van der Waals surface area contributed by atoms with Crippen LogP contribution in [0.1, 0.15) is 53.4 Å². The molecular weight excluding hydrogens is 376 g/mol. The average Bonchev–Trinajstić information content (AvgIpc) is 3.16. The predicted octanol–water partition coefficient (Wildman–Crippen LogP) is 4.89. The van der Waals surface area contributed by atoms with Crippen LogP contribution in [-0.4, -0.2) is 30.5 Å². The van der Waals surface area contributed by atoms with Crippen LogP contribution < -0.4 is 5.32 Å². The summed E-state index contributed by atoms with van der Waals surface area (Å²) in [6.07, 6.45) is 3.87. The number of fused-ring (bicyclic) bond motifs is 1. The second-order valence-electron chi connectivity index (χ2n) is 7.83. The number of rotatable bonds is 8. The van der Waals surface area contributed by atoms with Crippen LogP contribution >= 0.6 is 0 Å². The fourth-order valence-electron chi connectivity index (χ4n) is 4.13. The first-order chi connectivity index (χ1) is 14.8. The van der Waals surface area contributed by atoms with Crippen molar-refractivity contribution in [1.29, 1.82) is 0 Å². The lowest BCUT2D eigenvalue weighted by Crippen LogP contribution is -2.30. The van der Waals surface area contributed by atoms with E-state index in [0.29, 0.717) is 31.1 Å². The highest BCUT2D eigenvalue weighted by Crippen LogP contribution is 2.27. The van der Waals surface area contributed by atoms with E-state index >= 15 is 0 Å². The number of ether oxygens (including phenoxy) is 1. The second-order valence-corrected chi connectivity index (χ2v) is 7.83. The van der Waals surface area contributed by atoms with Gasteiger partial charge in [-0.05, 0) is 50.0 Å². The zero-order chi connectivity index (χ0) is 20.8. The lowest BCUT2D eigenvalue weighted by Gasteiger charge is -2.27. The molecule has 0 saturated carbocycles. The van der Waals surface area contributed by atoms with E-state index in [4.69, 9.17) is 9.15 Å². The van der Waals surface area contributed by atoms with Gasteiger partial charge in [-0.25, -0.2) is 0 Å². The van der Waals surface area contributed by atoms with Crippen molar-refractivity contribution in [2.75, 3.05) is 19.7 Å². The summed E-state index contributed by atoms with van der Waals surface area (Å²) in [6, 6.07) is 16.1. The van der Waals surface area contributed by atoms with E-state index in [1.807, 2.05) is 37.3 Å². The Morgan fingerprint density at radius 2 is 1.77 bits per heavy atom. The SMILES string of the molecule is CCOCc1c(C(=O)NCc2ccccc2CN2CCCCC2)oc2ccccc12. The molecule has 2 aromatic carbocycles. The van der Waals surface area contributed by atoms with Crippen LogP contribution in [-0.2, 0) is 24.4 Å². The monoisotopic (exact) mass is 406 g/mol. The first-order valence-electron chi connectivity index (χ1n) is 10.9. The summed E-state index contributed by atoms with van der Waals surface area (Å²) in [5.74, 6) is 0.145. The number of likely N-dealkylation sites (tertiary alicyclic amines) is 1. The van der Waals surface area contributed by atoms with Crippen molar-refractivity contribution in [3.05, 3.63) is 71.0 Å². The largest absolute Gasteiger partial charge is 0.451 e. The molecule has 0 atom stereocenters. The van der Waals surface area contributed by atoms with E-state index in [0.717, 1.165) is 36.1 Å². The summed E-state index contributed by atoms with van der Waals surface area (Å²) in [6.45, 7) is 6.62. The maximum Gasteiger partial charge on any atom is 0.287 e. The maximum absolute atomic E-state index is 13.0. The number of nitrogens with zero attached hydrogens (tertiary/aromatic N) is 1. The highest BCUT2D eigenvalue weighted by molar-refractivity contribution is 5.99. The molecule has 0 unspecified atom stereocenters. The third-order valence-corrected chi connectivity index (χ3v) is 5.76. The van der Waals surface area contributed by atoms with Gasteiger partial charge in [0.15, 0.2) is 5.76 Å². The van der Waals surface area contributed by atoms with Crippen LogP contribution in [0.5, 0.6) is 0 Å². The number of para-hydroxylation sites is 1. The van der Waals surface area contributed by atoms with Crippen molar-refractivity contribution in [3.63, 3.8) is 0 Å². The number of amides is 1. The van der Waals surface area contributed by atoms with Crippen LogP contribution in [0.4, 0.5) is 0 Å². The molecule has 3 aromatic rings. The van der Waals surface area contributed by atoms with E-state index in [1.165, 1.54) is 24.8 Å². The fourth-order valence-corrected chi connectivity index (χ4v) is 4.13. The van der Waals surface area contributed by atoms with Gasteiger partial charge in [0.1, 0.15) is 5.58 Å². The Balaban J connectivity index is 1.49. The van der Waals surface area contributed by atoms with Gasteiger partial charge in [-0.2, -0.15) is 0 Å². The normalized spacial score (nSPS) is 14.8. The summed E-state index contributed by atoms with van der Waals surface area (Å²) < 4.78 is 11.5. The summed E-state index contributed by atoms with van der Waals surface area (Å²) in [4.78, 5) is 15.5. The van der Waals surface area contributed by atoms with Crippen molar-refractivity contribution in [1.82, 2.24) is 10.2 Å². The molecule has 1 aliphatic rings. The molecule has 2 heterocycles. The van der Waals surface area contributed by atoms with Gasteiger partial charge in [0.05, 0.1) is 6.61 Å². The quantitative estimate of drug-likeness (QED) is 0.579. The molecule has 1 aliphatic heterocycles. The maximum atomic E-state index is 13.0. The molecule has 0 bridgehead atoms. The molecule has 1 fully saturated rings. The minimum Gasteiger partial charge on any atom is -0.451 e. The van der Waals surface area contributed by atoms with Crippen molar-refractivity contribution < 1.29 is 13.9 Å². The third-order valence-electron chi connectivity index (χ3n) is 5.76. The van der Waals surface area contributed by atoms with Crippen molar-refractivity contribution in [2.45, 2.75) is 45.9 Å². The Morgan fingerprint density at radius 3 is 2.57 bits per heavy atom. The lowest BCUT2D eigenvalue weighted by molar-refractivity contribution is 0.0912. The van der Waals surface area contributed by atoms with Crippen LogP contribution in [0.3, 0.4) is 0 Å². The van der Waals surface area contributed by atoms with Gasteiger partial charge >= 0.3 is 0 Å². The van der Waals surface area contributed by atoms with E-state index in [2.05, 4.69) is 28.4 Å².